The summed E-state index contributed by atoms with van der Waals surface area (Å²) < 4.78 is 0. The average molecular weight is 278 g/mol. The molecular weight excluding hydrogens is 252 g/mol. The molecule has 4 N–H and O–H groups in total. The number of aliphatic hydroxyl groups excluding tert-OH is 2. The van der Waals surface area contributed by atoms with Gasteiger partial charge in [0, 0.05) is 0 Å². The standard InChI is InChI=1S/C9H20.C4H6O6/c1-3-5-7-9-8-6-4-2;5-1(3(7)8)2(6)4(9)10/h3-9H2,1-2H3;1-2,5-6H,(H,7,8)(H,9,10). The lowest BCUT2D eigenvalue weighted by atomic mass is 10.1. The number of rotatable bonds is 9. The molecule has 0 fully saturated rings. The van der Waals surface area contributed by atoms with Crippen molar-refractivity contribution in [2.24, 2.45) is 0 Å². The molecule has 2 unspecified atom stereocenters. The fourth-order valence-electron chi connectivity index (χ4n) is 1.30. The smallest absolute Gasteiger partial charge is 0.335 e. The minimum atomic E-state index is -2.27. The Balaban J connectivity index is 0. The van der Waals surface area contributed by atoms with E-state index in [4.69, 9.17) is 20.4 Å². The molecule has 114 valence electrons. The number of hydrogen-bond acceptors (Lipinski definition) is 4. The molecule has 6 heteroatoms. The summed E-state index contributed by atoms with van der Waals surface area (Å²) in [6, 6.07) is 0. The van der Waals surface area contributed by atoms with Crippen LogP contribution in [0, 0.1) is 0 Å². The lowest BCUT2D eigenvalue weighted by molar-refractivity contribution is -0.165. The molecule has 0 bridgehead atoms. The zero-order valence-corrected chi connectivity index (χ0v) is 11.7. The molecule has 0 aliphatic heterocycles. The number of carboxylic acid groups (broad SMARTS) is 2. The first-order valence-corrected chi connectivity index (χ1v) is 6.70. The summed E-state index contributed by atoms with van der Waals surface area (Å²) in [5, 5.41) is 32.5. The van der Waals surface area contributed by atoms with E-state index in [1.54, 1.807) is 0 Å². The van der Waals surface area contributed by atoms with Crippen LogP contribution in [0.15, 0.2) is 0 Å². The van der Waals surface area contributed by atoms with Gasteiger partial charge < -0.3 is 20.4 Å². The van der Waals surface area contributed by atoms with Crippen LogP contribution < -0.4 is 0 Å². The molecule has 0 saturated carbocycles. The second kappa shape index (κ2) is 13.3. The summed E-state index contributed by atoms with van der Waals surface area (Å²) in [6.07, 6.45) is 5.44. The molecule has 0 aliphatic rings. The first-order chi connectivity index (χ1) is 8.88. The zero-order chi connectivity index (χ0) is 15.3. The summed E-state index contributed by atoms with van der Waals surface area (Å²) >= 11 is 0. The van der Waals surface area contributed by atoms with Crippen LogP contribution in [0.1, 0.15) is 58.8 Å². The molecule has 0 radical (unpaired) electrons. The van der Waals surface area contributed by atoms with E-state index in [1.807, 2.05) is 0 Å². The van der Waals surface area contributed by atoms with Gasteiger partial charge in [0.25, 0.3) is 0 Å². The van der Waals surface area contributed by atoms with Crippen LogP contribution in [0.3, 0.4) is 0 Å². The minimum absolute atomic E-state index is 1.37. The van der Waals surface area contributed by atoms with E-state index in [2.05, 4.69) is 13.8 Å². The minimum Gasteiger partial charge on any atom is -0.479 e. The number of aliphatic hydroxyl groups is 2. The monoisotopic (exact) mass is 278 g/mol. The number of unbranched alkanes of at least 4 members (excludes halogenated alkanes) is 6. The molecule has 0 aromatic rings. The van der Waals surface area contributed by atoms with Crippen molar-refractivity contribution in [3.8, 4) is 0 Å². The first kappa shape index (κ1) is 20.2. The molecule has 0 rings (SSSR count). The van der Waals surface area contributed by atoms with E-state index in [1.165, 1.54) is 44.9 Å². The van der Waals surface area contributed by atoms with Crippen LogP contribution in [0.25, 0.3) is 0 Å². The third-order valence-electron chi connectivity index (χ3n) is 2.51. The predicted molar refractivity (Wildman–Crippen MR) is 71.0 cm³/mol. The quantitative estimate of drug-likeness (QED) is 0.476. The third-order valence-corrected chi connectivity index (χ3v) is 2.51. The van der Waals surface area contributed by atoms with Crippen LogP contribution in [0.5, 0.6) is 0 Å². The Hall–Kier alpha value is -1.14. The van der Waals surface area contributed by atoms with Crippen molar-refractivity contribution in [2.75, 3.05) is 0 Å². The van der Waals surface area contributed by atoms with E-state index in [0.29, 0.717) is 0 Å². The SMILES string of the molecule is CCCCCCCCC.O=C(O)C(O)C(O)C(=O)O. The van der Waals surface area contributed by atoms with Gasteiger partial charge in [-0.15, -0.1) is 0 Å². The molecule has 0 aromatic heterocycles. The molecular formula is C13H26O6. The van der Waals surface area contributed by atoms with E-state index in [-0.39, 0.29) is 0 Å². The summed E-state index contributed by atoms with van der Waals surface area (Å²) in [5.74, 6) is -3.54. The topological polar surface area (TPSA) is 115 Å². The van der Waals surface area contributed by atoms with Crippen molar-refractivity contribution in [1.82, 2.24) is 0 Å². The Bertz CT molecular complexity index is 217. The fourth-order valence-corrected chi connectivity index (χ4v) is 1.30. The Kier molecular flexibility index (Phi) is 14.1. The fraction of sp³-hybridized carbons (Fsp3) is 0.846. The lowest BCUT2D eigenvalue weighted by Crippen LogP contribution is -2.39. The summed E-state index contributed by atoms with van der Waals surface area (Å²) in [5.41, 5.74) is 0. The highest BCUT2D eigenvalue weighted by Crippen LogP contribution is 2.05. The van der Waals surface area contributed by atoms with Gasteiger partial charge in [-0.25, -0.2) is 9.59 Å². The van der Waals surface area contributed by atoms with Crippen molar-refractivity contribution >= 4 is 11.9 Å². The molecule has 0 spiro atoms. The molecule has 6 nitrogen and oxygen atoms in total. The second-order valence-corrected chi connectivity index (χ2v) is 4.33. The number of carbonyl (C=O) groups is 2. The van der Waals surface area contributed by atoms with Crippen molar-refractivity contribution in [3.63, 3.8) is 0 Å². The van der Waals surface area contributed by atoms with Crippen molar-refractivity contribution < 1.29 is 30.0 Å². The maximum atomic E-state index is 9.77. The summed E-state index contributed by atoms with van der Waals surface area (Å²) in [7, 11) is 0. The van der Waals surface area contributed by atoms with Gasteiger partial charge in [-0.1, -0.05) is 58.8 Å². The highest BCUT2D eigenvalue weighted by Gasteiger charge is 2.29. The largest absolute Gasteiger partial charge is 0.479 e. The van der Waals surface area contributed by atoms with Gasteiger partial charge in [0.1, 0.15) is 0 Å². The number of aliphatic carboxylic acids is 2. The lowest BCUT2D eigenvalue weighted by Gasteiger charge is -2.07. The molecule has 0 saturated heterocycles. The van der Waals surface area contributed by atoms with Gasteiger partial charge in [-0.3, -0.25) is 0 Å². The maximum absolute atomic E-state index is 9.77. The van der Waals surface area contributed by atoms with Gasteiger partial charge in [0.05, 0.1) is 0 Å². The zero-order valence-electron chi connectivity index (χ0n) is 11.7. The molecule has 0 aromatic carbocycles. The van der Waals surface area contributed by atoms with Gasteiger partial charge in [0.15, 0.2) is 12.2 Å². The van der Waals surface area contributed by atoms with Crippen molar-refractivity contribution in [3.05, 3.63) is 0 Å². The first-order valence-electron chi connectivity index (χ1n) is 6.70. The Morgan fingerprint density at radius 1 is 0.737 bits per heavy atom. The van der Waals surface area contributed by atoms with Crippen LogP contribution in [0.2, 0.25) is 0 Å². The summed E-state index contributed by atoms with van der Waals surface area (Å²) in [6.45, 7) is 4.53. The molecule has 0 amide bonds. The van der Waals surface area contributed by atoms with E-state index in [0.717, 1.165) is 0 Å². The highest BCUT2D eigenvalue weighted by atomic mass is 16.4. The average Bonchev–Trinajstić information content (AvgIpc) is 2.37. The van der Waals surface area contributed by atoms with Gasteiger partial charge in [-0.05, 0) is 0 Å². The van der Waals surface area contributed by atoms with Crippen molar-refractivity contribution in [2.45, 2.75) is 71.0 Å². The number of hydrogen-bond donors (Lipinski definition) is 4. The Morgan fingerprint density at radius 3 is 1.21 bits per heavy atom. The van der Waals surface area contributed by atoms with Gasteiger partial charge >= 0.3 is 11.9 Å². The maximum Gasteiger partial charge on any atom is 0.335 e. The molecule has 0 aliphatic carbocycles. The third kappa shape index (κ3) is 13.1. The normalized spacial score (nSPS) is 13.1. The van der Waals surface area contributed by atoms with Crippen LogP contribution >= 0.6 is 0 Å². The summed E-state index contributed by atoms with van der Waals surface area (Å²) in [4.78, 5) is 19.5. The van der Waals surface area contributed by atoms with E-state index >= 15 is 0 Å². The molecule has 0 heterocycles. The van der Waals surface area contributed by atoms with E-state index < -0.39 is 24.1 Å². The van der Waals surface area contributed by atoms with Gasteiger partial charge in [0.2, 0.25) is 0 Å². The molecule has 2 atom stereocenters. The highest BCUT2D eigenvalue weighted by molar-refractivity contribution is 5.83. The van der Waals surface area contributed by atoms with Gasteiger partial charge in [-0.2, -0.15) is 0 Å². The van der Waals surface area contributed by atoms with Crippen LogP contribution in [-0.2, 0) is 9.59 Å². The Morgan fingerprint density at radius 2 is 1.00 bits per heavy atom. The van der Waals surface area contributed by atoms with Crippen molar-refractivity contribution in [1.29, 1.82) is 0 Å². The number of carboxylic acids is 2. The van der Waals surface area contributed by atoms with Crippen LogP contribution in [-0.4, -0.2) is 44.6 Å². The van der Waals surface area contributed by atoms with E-state index in [9.17, 15) is 9.59 Å². The molecule has 19 heavy (non-hydrogen) atoms. The second-order valence-electron chi connectivity index (χ2n) is 4.33. The predicted octanol–water partition coefficient (Wildman–Crippen LogP) is 1.63. The Labute approximate surface area is 114 Å². The van der Waals surface area contributed by atoms with Crippen LogP contribution in [0.4, 0.5) is 0 Å².